The maximum atomic E-state index is 12.7. The van der Waals surface area contributed by atoms with Crippen LogP contribution in [0.4, 0.5) is 0 Å². The van der Waals surface area contributed by atoms with Gasteiger partial charge >= 0.3 is 5.97 Å². The van der Waals surface area contributed by atoms with Crippen molar-refractivity contribution in [1.82, 2.24) is 9.88 Å². The van der Waals surface area contributed by atoms with Crippen LogP contribution >= 0.6 is 0 Å². The van der Waals surface area contributed by atoms with Crippen molar-refractivity contribution < 1.29 is 14.7 Å². The normalized spacial score (nSPS) is 22.1. The average Bonchev–Trinajstić information content (AvgIpc) is 2.37. The smallest absolute Gasteiger partial charge is 0.329 e. The van der Waals surface area contributed by atoms with Crippen LogP contribution in [0.1, 0.15) is 47.8 Å². The van der Waals surface area contributed by atoms with E-state index in [1.54, 1.807) is 26.8 Å². The molecule has 1 aliphatic rings. The Bertz CT molecular complexity index is 650. The number of likely N-dealkylation sites (tertiary alicyclic amines) is 1. The van der Waals surface area contributed by atoms with Crippen LogP contribution < -0.4 is 5.56 Å². The van der Waals surface area contributed by atoms with Gasteiger partial charge in [-0.2, -0.15) is 0 Å². The molecule has 0 aromatic carbocycles. The van der Waals surface area contributed by atoms with Crippen LogP contribution in [0.15, 0.2) is 10.9 Å². The number of hydrogen-bond acceptors (Lipinski definition) is 3. The first-order valence-electron chi connectivity index (χ1n) is 7.03. The fourth-order valence-corrected chi connectivity index (χ4v) is 2.92. The number of carbonyl (C=O) groups is 2. The number of amides is 1. The Morgan fingerprint density at radius 2 is 2.00 bits per heavy atom. The quantitative estimate of drug-likeness (QED) is 0.863. The number of H-pyrrole nitrogens is 1. The molecule has 0 saturated carbocycles. The first-order valence-corrected chi connectivity index (χ1v) is 7.03. The van der Waals surface area contributed by atoms with Crippen molar-refractivity contribution in [2.75, 3.05) is 6.54 Å². The summed E-state index contributed by atoms with van der Waals surface area (Å²) >= 11 is 0. The van der Waals surface area contributed by atoms with Gasteiger partial charge in [-0.05, 0) is 51.7 Å². The summed E-state index contributed by atoms with van der Waals surface area (Å²) in [5.41, 5.74) is -0.432. The molecule has 0 radical (unpaired) electrons. The Hall–Kier alpha value is -2.11. The molecule has 0 bridgehead atoms. The fourth-order valence-electron chi connectivity index (χ4n) is 2.92. The monoisotopic (exact) mass is 292 g/mol. The lowest BCUT2D eigenvalue weighted by Crippen LogP contribution is -2.58. The summed E-state index contributed by atoms with van der Waals surface area (Å²) in [5, 5.41) is 9.47. The highest BCUT2D eigenvalue weighted by atomic mass is 16.4. The SMILES string of the molecule is Cc1cc(C)c(C(=O)N2CCCCC2(C)C(=O)O)c(=O)[nH]1. The first-order chi connectivity index (χ1) is 9.77. The number of aliphatic carboxylic acids is 1. The molecule has 114 valence electrons. The van der Waals surface area contributed by atoms with E-state index in [0.717, 1.165) is 12.8 Å². The number of carboxylic acid groups (broad SMARTS) is 1. The van der Waals surface area contributed by atoms with Crippen molar-refractivity contribution in [1.29, 1.82) is 0 Å². The molecule has 1 aliphatic heterocycles. The van der Waals surface area contributed by atoms with Gasteiger partial charge in [0.05, 0.1) is 0 Å². The highest BCUT2D eigenvalue weighted by Gasteiger charge is 2.44. The van der Waals surface area contributed by atoms with Gasteiger partial charge in [-0.3, -0.25) is 9.59 Å². The van der Waals surface area contributed by atoms with Crippen LogP contribution in [0.5, 0.6) is 0 Å². The zero-order chi connectivity index (χ0) is 15.8. The number of piperidine rings is 1. The second-order valence-electron chi connectivity index (χ2n) is 5.83. The Labute approximate surface area is 122 Å². The topological polar surface area (TPSA) is 90.5 Å². The second kappa shape index (κ2) is 5.35. The van der Waals surface area contributed by atoms with E-state index >= 15 is 0 Å². The number of carboxylic acids is 1. The van der Waals surface area contributed by atoms with Crippen molar-refractivity contribution in [2.45, 2.75) is 45.6 Å². The van der Waals surface area contributed by atoms with Gasteiger partial charge in [-0.15, -0.1) is 0 Å². The predicted molar refractivity (Wildman–Crippen MR) is 77.5 cm³/mol. The molecule has 1 saturated heterocycles. The number of pyridine rings is 1. The van der Waals surface area contributed by atoms with Gasteiger partial charge in [0, 0.05) is 12.2 Å². The van der Waals surface area contributed by atoms with Crippen LogP contribution in [-0.2, 0) is 4.79 Å². The molecule has 2 rings (SSSR count). The molecule has 2 N–H and O–H groups in total. The van der Waals surface area contributed by atoms with E-state index < -0.39 is 23.0 Å². The van der Waals surface area contributed by atoms with Crippen LogP contribution in [0.2, 0.25) is 0 Å². The molecule has 1 unspecified atom stereocenters. The van der Waals surface area contributed by atoms with Gasteiger partial charge in [0.15, 0.2) is 0 Å². The summed E-state index contributed by atoms with van der Waals surface area (Å²) in [6, 6.07) is 1.72. The summed E-state index contributed by atoms with van der Waals surface area (Å²) < 4.78 is 0. The van der Waals surface area contributed by atoms with E-state index in [0.29, 0.717) is 24.2 Å². The molecule has 0 aliphatic carbocycles. The molecule has 1 fully saturated rings. The third-order valence-electron chi connectivity index (χ3n) is 4.18. The van der Waals surface area contributed by atoms with Gasteiger partial charge in [-0.25, -0.2) is 4.79 Å². The molecular weight excluding hydrogens is 272 g/mol. The second-order valence-corrected chi connectivity index (χ2v) is 5.83. The van der Waals surface area contributed by atoms with Crippen LogP contribution in [0.3, 0.4) is 0 Å². The minimum absolute atomic E-state index is 0.0370. The third kappa shape index (κ3) is 2.57. The number of carbonyl (C=O) groups excluding carboxylic acids is 1. The summed E-state index contributed by atoms with van der Waals surface area (Å²) in [5.74, 6) is -1.53. The summed E-state index contributed by atoms with van der Waals surface area (Å²) in [6.07, 6.45) is 1.91. The number of hydrogen-bond donors (Lipinski definition) is 2. The van der Waals surface area contributed by atoms with E-state index in [-0.39, 0.29) is 5.56 Å². The van der Waals surface area contributed by atoms with Crippen LogP contribution in [-0.4, -0.2) is 39.0 Å². The lowest BCUT2D eigenvalue weighted by atomic mass is 9.87. The van der Waals surface area contributed by atoms with E-state index in [9.17, 15) is 19.5 Å². The van der Waals surface area contributed by atoms with Gasteiger partial charge in [-0.1, -0.05) is 0 Å². The summed E-state index contributed by atoms with van der Waals surface area (Å²) in [4.78, 5) is 40.3. The number of aromatic amines is 1. The minimum atomic E-state index is -1.25. The fraction of sp³-hybridized carbons (Fsp3) is 0.533. The molecule has 1 aromatic rings. The van der Waals surface area contributed by atoms with Crippen LogP contribution in [0.25, 0.3) is 0 Å². The van der Waals surface area contributed by atoms with Gasteiger partial charge in [0.25, 0.3) is 11.5 Å². The van der Waals surface area contributed by atoms with Crippen molar-refractivity contribution >= 4 is 11.9 Å². The Balaban J connectivity index is 2.48. The van der Waals surface area contributed by atoms with Gasteiger partial charge in [0.1, 0.15) is 11.1 Å². The maximum Gasteiger partial charge on any atom is 0.329 e. The molecule has 6 nitrogen and oxygen atoms in total. The molecular formula is C15H20N2O4. The molecule has 6 heteroatoms. The summed E-state index contributed by atoms with van der Waals surface area (Å²) in [6.45, 7) is 5.33. The predicted octanol–water partition coefficient (Wildman–Crippen LogP) is 1.46. The third-order valence-corrected chi connectivity index (χ3v) is 4.18. The zero-order valence-electron chi connectivity index (χ0n) is 12.5. The minimum Gasteiger partial charge on any atom is -0.480 e. The molecule has 1 atom stereocenters. The average molecular weight is 292 g/mol. The Morgan fingerprint density at radius 3 is 2.57 bits per heavy atom. The van der Waals surface area contributed by atoms with E-state index in [4.69, 9.17) is 0 Å². The van der Waals surface area contributed by atoms with Gasteiger partial charge < -0.3 is 15.0 Å². The highest BCUT2D eigenvalue weighted by molar-refractivity contribution is 5.98. The number of aryl methyl sites for hydroxylation is 2. The largest absolute Gasteiger partial charge is 0.480 e. The molecule has 1 amide bonds. The van der Waals surface area contributed by atoms with Crippen molar-refractivity contribution in [3.8, 4) is 0 Å². The van der Waals surface area contributed by atoms with Crippen molar-refractivity contribution in [2.24, 2.45) is 0 Å². The number of aromatic nitrogens is 1. The lowest BCUT2D eigenvalue weighted by Gasteiger charge is -2.41. The first kappa shape index (κ1) is 15.3. The highest BCUT2D eigenvalue weighted by Crippen LogP contribution is 2.29. The zero-order valence-corrected chi connectivity index (χ0v) is 12.5. The van der Waals surface area contributed by atoms with Gasteiger partial charge in [0.2, 0.25) is 0 Å². The molecule has 2 heterocycles. The molecule has 21 heavy (non-hydrogen) atoms. The maximum absolute atomic E-state index is 12.7. The molecule has 1 aromatic heterocycles. The molecule has 0 spiro atoms. The van der Waals surface area contributed by atoms with E-state index in [1.165, 1.54) is 4.90 Å². The number of nitrogens with one attached hydrogen (secondary N) is 1. The van der Waals surface area contributed by atoms with E-state index in [1.807, 2.05) is 0 Å². The van der Waals surface area contributed by atoms with Crippen LogP contribution in [0, 0.1) is 13.8 Å². The Kier molecular flexibility index (Phi) is 3.89. The van der Waals surface area contributed by atoms with Crippen molar-refractivity contribution in [3.63, 3.8) is 0 Å². The Morgan fingerprint density at radius 1 is 1.33 bits per heavy atom. The lowest BCUT2D eigenvalue weighted by molar-refractivity contribution is -0.150. The standard InChI is InChI=1S/C15H20N2O4/c1-9-8-10(2)16-12(18)11(9)13(19)17-7-5-4-6-15(17,3)14(20)21/h8H,4-7H2,1-3H3,(H,16,18)(H,20,21). The summed E-state index contributed by atoms with van der Waals surface area (Å²) in [7, 11) is 0. The van der Waals surface area contributed by atoms with Crippen molar-refractivity contribution in [3.05, 3.63) is 33.2 Å². The number of rotatable bonds is 2. The number of nitrogens with zero attached hydrogens (tertiary/aromatic N) is 1. The van der Waals surface area contributed by atoms with E-state index in [2.05, 4.69) is 4.98 Å².